The second-order valence-electron chi connectivity index (χ2n) is 2.07. The molecule has 3 nitrogen and oxygen atoms in total. The van der Waals surface area contributed by atoms with Crippen molar-refractivity contribution in [1.29, 1.82) is 0 Å². The number of phenolic OH excluding ortho intramolecular Hbond substituents is 1. The summed E-state index contributed by atoms with van der Waals surface area (Å²) in [5, 5.41) is 8.87. The molecule has 1 aromatic carbocycles. The van der Waals surface area contributed by atoms with Crippen LogP contribution >= 0.6 is 0 Å². The lowest BCUT2D eigenvalue weighted by Crippen LogP contribution is -1.88. The van der Waals surface area contributed by atoms with Crippen molar-refractivity contribution in [2.75, 3.05) is 7.18 Å². The molecule has 0 unspecified atom stereocenters. The standard InChI is InChI=1S/C8H8O3.CH3F/c9-6-11-5-7-1-3-8(10)4-2-7;1-2/h1-4,6,10H,5H2;1H3. The maximum Gasteiger partial charge on any atom is 0.293 e. The Kier molecular flexibility index (Phi) is 6.23. The van der Waals surface area contributed by atoms with E-state index in [0.717, 1.165) is 5.56 Å². The van der Waals surface area contributed by atoms with E-state index in [0.29, 0.717) is 13.6 Å². The molecule has 0 amide bonds. The number of hydrogen-bond acceptors (Lipinski definition) is 3. The molecule has 0 bridgehead atoms. The van der Waals surface area contributed by atoms with Crippen molar-refractivity contribution in [2.24, 2.45) is 0 Å². The second-order valence-corrected chi connectivity index (χ2v) is 2.07. The van der Waals surface area contributed by atoms with Gasteiger partial charge in [0.1, 0.15) is 12.4 Å². The molecule has 0 fully saturated rings. The summed E-state index contributed by atoms with van der Waals surface area (Å²) < 4.78 is 14.0. The van der Waals surface area contributed by atoms with Crippen molar-refractivity contribution >= 4 is 6.47 Å². The Morgan fingerprint density at radius 2 is 1.92 bits per heavy atom. The summed E-state index contributed by atoms with van der Waals surface area (Å²) in [6.45, 7) is 0.649. The average molecular weight is 186 g/mol. The summed E-state index contributed by atoms with van der Waals surface area (Å²) in [7, 11) is 0.500. The first-order valence-electron chi connectivity index (χ1n) is 3.54. The predicted octanol–water partition coefficient (Wildman–Crippen LogP) is 1.65. The van der Waals surface area contributed by atoms with Crippen molar-refractivity contribution < 1.29 is 19.0 Å². The van der Waals surface area contributed by atoms with Gasteiger partial charge in [-0.1, -0.05) is 12.1 Å². The van der Waals surface area contributed by atoms with Gasteiger partial charge in [-0.05, 0) is 17.7 Å². The average Bonchev–Trinajstić information content (AvgIpc) is 2.20. The molecule has 1 rings (SSSR count). The lowest BCUT2D eigenvalue weighted by Gasteiger charge is -1.97. The first-order chi connectivity index (χ1) is 6.33. The van der Waals surface area contributed by atoms with Gasteiger partial charge in [0.05, 0.1) is 7.18 Å². The highest BCUT2D eigenvalue weighted by Crippen LogP contribution is 2.09. The number of benzene rings is 1. The zero-order valence-electron chi connectivity index (χ0n) is 7.24. The third kappa shape index (κ3) is 4.79. The summed E-state index contributed by atoms with van der Waals surface area (Å²) in [5.41, 5.74) is 0.856. The minimum absolute atomic E-state index is 0.208. The molecule has 0 aliphatic rings. The van der Waals surface area contributed by atoms with Gasteiger partial charge >= 0.3 is 0 Å². The molecule has 72 valence electrons. The fourth-order valence-corrected chi connectivity index (χ4v) is 0.722. The molecule has 1 aromatic rings. The fourth-order valence-electron chi connectivity index (χ4n) is 0.722. The Morgan fingerprint density at radius 3 is 2.38 bits per heavy atom. The van der Waals surface area contributed by atoms with Crippen LogP contribution in [0.15, 0.2) is 24.3 Å². The van der Waals surface area contributed by atoms with E-state index in [9.17, 15) is 9.18 Å². The highest BCUT2D eigenvalue weighted by molar-refractivity contribution is 5.37. The Bertz CT molecular complexity index is 233. The van der Waals surface area contributed by atoms with Crippen molar-refractivity contribution in [3.8, 4) is 5.75 Å². The number of hydrogen-bond donors (Lipinski definition) is 1. The van der Waals surface area contributed by atoms with Crippen LogP contribution in [-0.4, -0.2) is 18.8 Å². The normalized spacial score (nSPS) is 8.15. The Labute approximate surface area is 75.8 Å². The van der Waals surface area contributed by atoms with E-state index in [-0.39, 0.29) is 12.4 Å². The molecule has 0 heterocycles. The molecule has 13 heavy (non-hydrogen) atoms. The number of carbonyl (C=O) groups is 1. The summed E-state index contributed by atoms with van der Waals surface area (Å²) in [6.07, 6.45) is 0. The number of rotatable bonds is 3. The first-order valence-corrected chi connectivity index (χ1v) is 3.54. The van der Waals surface area contributed by atoms with E-state index in [1.54, 1.807) is 24.3 Å². The molecule has 1 N–H and O–H groups in total. The van der Waals surface area contributed by atoms with Gasteiger partial charge in [-0.3, -0.25) is 9.18 Å². The van der Waals surface area contributed by atoms with Gasteiger partial charge in [0, 0.05) is 0 Å². The maximum atomic E-state index is 9.77. The van der Waals surface area contributed by atoms with Crippen molar-refractivity contribution in [1.82, 2.24) is 0 Å². The van der Waals surface area contributed by atoms with Gasteiger partial charge < -0.3 is 9.84 Å². The molecule has 0 saturated carbocycles. The fraction of sp³-hybridized carbons (Fsp3) is 0.222. The van der Waals surface area contributed by atoms with Crippen molar-refractivity contribution in [3.05, 3.63) is 29.8 Å². The predicted molar refractivity (Wildman–Crippen MR) is 46.0 cm³/mol. The molecule has 0 saturated heterocycles. The lowest BCUT2D eigenvalue weighted by molar-refractivity contribution is -0.129. The Morgan fingerprint density at radius 1 is 1.38 bits per heavy atom. The molecule has 4 heteroatoms. The monoisotopic (exact) mass is 186 g/mol. The third-order valence-corrected chi connectivity index (χ3v) is 1.25. The van der Waals surface area contributed by atoms with Crippen LogP contribution in [0, 0.1) is 0 Å². The Balaban J connectivity index is 0.000000671. The topological polar surface area (TPSA) is 46.5 Å². The van der Waals surface area contributed by atoms with Crippen molar-refractivity contribution in [2.45, 2.75) is 6.61 Å². The molecule has 0 aliphatic heterocycles. The minimum atomic E-state index is 0.208. The van der Waals surface area contributed by atoms with Crippen LogP contribution in [0.25, 0.3) is 0 Å². The number of alkyl halides is 1. The SMILES string of the molecule is CF.O=COCc1ccc(O)cc1. The van der Waals surface area contributed by atoms with Crippen LogP contribution in [0.2, 0.25) is 0 Å². The van der Waals surface area contributed by atoms with Crippen LogP contribution < -0.4 is 0 Å². The molecular formula is C9H11FO3. The summed E-state index contributed by atoms with van der Waals surface area (Å²) >= 11 is 0. The van der Waals surface area contributed by atoms with Gasteiger partial charge in [-0.15, -0.1) is 0 Å². The van der Waals surface area contributed by atoms with E-state index < -0.39 is 0 Å². The van der Waals surface area contributed by atoms with Gasteiger partial charge in [-0.25, -0.2) is 0 Å². The quantitative estimate of drug-likeness (QED) is 0.730. The lowest BCUT2D eigenvalue weighted by atomic mass is 10.2. The molecule has 0 aromatic heterocycles. The van der Waals surface area contributed by atoms with E-state index in [1.807, 2.05) is 0 Å². The zero-order valence-corrected chi connectivity index (χ0v) is 7.24. The number of halogens is 1. The molecule has 0 aliphatic carbocycles. The van der Waals surface area contributed by atoms with E-state index in [4.69, 9.17) is 5.11 Å². The maximum absolute atomic E-state index is 9.77. The highest BCUT2D eigenvalue weighted by Gasteiger charge is 1.91. The molecule has 0 spiro atoms. The first kappa shape index (κ1) is 11.4. The third-order valence-electron chi connectivity index (χ3n) is 1.25. The van der Waals surface area contributed by atoms with Crippen LogP contribution in [0.5, 0.6) is 5.75 Å². The minimum Gasteiger partial charge on any atom is -0.508 e. The van der Waals surface area contributed by atoms with Crippen LogP contribution in [-0.2, 0) is 16.1 Å². The molecule has 0 atom stereocenters. The molecular weight excluding hydrogens is 175 g/mol. The van der Waals surface area contributed by atoms with Crippen molar-refractivity contribution in [3.63, 3.8) is 0 Å². The molecule has 0 radical (unpaired) electrons. The van der Waals surface area contributed by atoms with Gasteiger partial charge in [0.25, 0.3) is 6.47 Å². The smallest absolute Gasteiger partial charge is 0.293 e. The zero-order chi connectivity index (χ0) is 10.1. The summed E-state index contributed by atoms with van der Waals surface area (Å²) in [4.78, 5) is 9.77. The number of aromatic hydroxyl groups is 1. The van der Waals surface area contributed by atoms with Crippen LogP contribution in [0.1, 0.15) is 5.56 Å². The second kappa shape index (κ2) is 7.09. The van der Waals surface area contributed by atoms with E-state index >= 15 is 0 Å². The number of phenols is 1. The highest BCUT2D eigenvalue weighted by atomic mass is 19.1. The number of carbonyl (C=O) groups excluding carboxylic acids is 1. The van der Waals surface area contributed by atoms with Crippen LogP contribution in [0.4, 0.5) is 4.39 Å². The summed E-state index contributed by atoms with van der Waals surface area (Å²) in [5.74, 6) is 0.208. The van der Waals surface area contributed by atoms with Gasteiger partial charge in [0.15, 0.2) is 0 Å². The largest absolute Gasteiger partial charge is 0.508 e. The van der Waals surface area contributed by atoms with E-state index in [2.05, 4.69) is 4.74 Å². The summed E-state index contributed by atoms with van der Waals surface area (Å²) in [6, 6.07) is 6.48. The van der Waals surface area contributed by atoms with Gasteiger partial charge in [0.2, 0.25) is 0 Å². The van der Waals surface area contributed by atoms with E-state index in [1.165, 1.54) is 0 Å². The number of ether oxygens (including phenoxy) is 1. The van der Waals surface area contributed by atoms with Crippen LogP contribution in [0.3, 0.4) is 0 Å². The van der Waals surface area contributed by atoms with Gasteiger partial charge in [-0.2, -0.15) is 0 Å². The Hall–Kier alpha value is -1.58.